The molecule has 0 amide bonds. The Kier molecular flexibility index (Phi) is 2.82. The average molecular weight is 277 g/mol. The van der Waals surface area contributed by atoms with E-state index in [9.17, 15) is 8.42 Å². The lowest BCUT2D eigenvalue weighted by Gasteiger charge is -2.07. The molecule has 0 spiro atoms. The summed E-state index contributed by atoms with van der Waals surface area (Å²) in [6.45, 7) is 0. The lowest BCUT2D eigenvalue weighted by Crippen LogP contribution is -2.11. The monoisotopic (exact) mass is 277 g/mol. The molecule has 2 heterocycles. The van der Waals surface area contributed by atoms with Gasteiger partial charge >= 0.3 is 0 Å². The average Bonchev–Trinajstić information content (AvgIpc) is 2.93. The van der Waals surface area contributed by atoms with E-state index < -0.39 is 9.84 Å². The van der Waals surface area contributed by atoms with Crippen molar-refractivity contribution in [2.24, 2.45) is 0 Å². The fraction of sp³-hybridized carbons (Fsp3) is 0.308. The summed E-state index contributed by atoms with van der Waals surface area (Å²) in [5, 5.41) is 4.45. The van der Waals surface area contributed by atoms with Crippen molar-refractivity contribution < 1.29 is 8.42 Å². The Labute approximate surface area is 112 Å². The minimum absolute atomic E-state index is 0.0928. The van der Waals surface area contributed by atoms with Crippen LogP contribution in [0.25, 0.3) is 11.3 Å². The maximum atomic E-state index is 11.5. The zero-order chi connectivity index (χ0) is 13.5. The first-order chi connectivity index (χ1) is 9.05. The molecule has 0 aliphatic carbocycles. The molecule has 1 atom stereocenters. The van der Waals surface area contributed by atoms with E-state index in [0.717, 1.165) is 5.56 Å². The number of anilines is 1. The first-order valence-corrected chi connectivity index (χ1v) is 7.98. The number of nitrogens with zero attached hydrogens (tertiary/aromatic N) is 2. The molecule has 1 aromatic carbocycles. The number of hydrogen-bond donors (Lipinski definition) is 1. The minimum Gasteiger partial charge on any atom is -0.396 e. The van der Waals surface area contributed by atoms with Crippen LogP contribution in [-0.2, 0) is 9.84 Å². The van der Waals surface area contributed by atoms with Crippen LogP contribution in [0.2, 0.25) is 0 Å². The highest BCUT2D eigenvalue weighted by molar-refractivity contribution is 7.91. The van der Waals surface area contributed by atoms with Crippen LogP contribution in [-0.4, -0.2) is 29.7 Å². The number of aromatic nitrogens is 2. The smallest absolute Gasteiger partial charge is 0.152 e. The summed E-state index contributed by atoms with van der Waals surface area (Å²) in [6, 6.07) is 9.56. The molecule has 3 rings (SSSR count). The van der Waals surface area contributed by atoms with Crippen LogP contribution in [0.15, 0.2) is 36.5 Å². The molecule has 1 saturated heterocycles. The standard InChI is InChI=1S/C13H15N3O2S/c14-12-8-16(11-6-7-19(17,18)9-11)15-13(12)10-4-2-1-3-5-10/h1-5,8,11H,6-7,9,14H2. The summed E-state index contributed by atoms with van der Waals surface area (Å²) in [6.07, 6.45) is 2.34. The van der Waals surface area contributed by atoms with Gasteiger partial charge in [-0.2, -0.15) is 5.10 Å². The molecule has 1 fully saturated rings. The summed E-state index contributed by atoms with van der Waals surface area (Å²) in [5.41, 5.74) is 8.21. The third-order valence-corrected chi connectivity index (χ3v) is 5.14. The molecule has 1 unspecified atom stereocenters. The van der Waals surface area contributed by atoms with Gasteiger partial charge in [0, 0.05) is 11.8 Å². The van der Waals surface area contributed by atoms with Crippen molar-refractivity contribution in [1.82, 2.24) is 9.78 Å². The van der Waals surface area contributed by atoms with Crippen molar-refractivity contribution in [3.63, 3.8) is 0 Å². The lowest BCUT2D eigenvalue weighted by molar-refractivity contribution is 0.501. The SMILES string of the molecule is Nc1cn(C2CCS(=O)(=O)C2)nc1-c1ccccc1. The molecular weight excluding hydrogens is 262 g/mol. The van der Waals surface area contributed by atoms with E-state index in [2.05, 4.69) is 5.10 Å². The van der Waals surface area contributed by atoms with E-state index in [1.165, 1.54) is 0 Å². The molecule has 100 valence electrons. The van der Waals surface area contributed by atoms with E-state index in [-0.39, 0.29) is 17.5 Å². The van der Waals surface area contributed by atoms with Crippen LogP contribution in [0.5, 0.6) is 0 Å². The van der Waals surface area contributed by atoms with Gasteiger partial charge in [0.05, 0.1) is 23.2 Å². The Morgan fingerprint density at radius 2 is 2.00 bits per heavy atom. The quantitative estimate of drug-likeness (QED) is 0.902. The van der Waals surface area contributed by atoms with Crippen molar-refractivity contribution in [3.8, 4) is 11.3 Å². The van der Waals surface area contributed by atoms with Gasteiger partial charge in [0.25, 0.3) is 0 Å². The number of sulfone groups is 1. The van der Waals surface area contributed by atoms with Crippen LogP contribution < -0.4 is 5.73 Å². The summed E-state index contributed by atoms with van der Waals surface area (Å²) in [5.74, 6) is 0.389. The highest BCUT2D eigenvalue weighted by Gasteiger charge is 2.30. The van der Waals surface area contributed by atoms with Crippen LogP contribution in [0.4, 0.5) is 5.69 Å². The third kappa shape index (κ3) is 2.35. The van der Waals surface area contributed by atoms with Gasteiger partial charge in [-0.15, -0.1) is 0 Å². The Hall–Kier alpha value is -1.82. The molecule has 0 radical (unpaired) electrons. The Balaban J connectivity index is 1.95. The maximum Gasteiger partial charge on any atom is 0.152 e. The van der Waals surface area contributed by atoms with Gasteiger partial charge in [0.15, 0.2) is 9.84 Å². The van der Waals surface area contributed by atoms with Gasteiger partial charge in [-0.25, -0.2) is 8.42 Å². The first kappa shape index (κ1) is 12.2. The molecule has 1 aliphatic rings. The highest BCUT2D eigenvalue weighted by Crippen LogP contribution is 2.29. The number of benzene rings is 1. The summed E-state index contributed by atoms with van der Waals surface area (Å²) >= 11 is 0. The second-order valence-electron chi connectivity index (χ2n) is 4.84. The number of rotatable bonds is 2. The van der Waals surface area contributed by atoms with Gasteiger partial charge < -0.3 is 5.73 Å². The first-order valence-electron chi connectivity index (χ1n) is 6.16. The molecule has 0 bridgehead atoms. The van der Waals surface area contributed by atoms with Crippen molar-refractivity contribution in [3.05, 3.63) is 36.5 Å². The van der Waals surface area contributed by atoms with Crippen LogP contribution in [0.3, 0.4) is 0 Å². The topological polar surface area (TPSA) is 78.0 Å². The van der Waals surface area contributed by atoms with Crippen molar-refractivity contribution >= 4 is 15.5 Å². The highest BCUT2D eigenvalue weighted by atomic mass is 32.2. The molecule has 2 N–H and O–H groups in total. The third-order valence-electron chi connectivity index (χ3n) is 3.39. The fourth-order valence-electron chi connectivity index (χ4n) is 2.40. The van der Waals surface area contributed by atoms with Gasteiger partial charge in [0.1, 0.15) is 5.69 Å². The summed E-state index contributed by atoms with van der Waals surface area (Å²) in [7, 11) is -2.91. The Morgan fingerprint density at radius 1 is 1.26 bits per heavy atom. The largest absolute Gasteiger partial charge is 0.396 e. The Bertz CT molecular complexity index is 692. The van der Waals surface area contributed by atoms with Crippen molar-refractivity contribution in [2.75, 3.05) is 17.2 Å². The molecule has 5 nitrogen and oxygen atoms in total. The molecule has 2 aromatic rings. The predicted octanol–water partition coefficient (Wildman–Crippen LogP) is 1.49. The molecule has 1 aliphatic heterocycles. The molecule has 6 heteroatoms. The zero-order valence-electron chi connectivity index (χ0n) is 10.4. The van der Waals surface area contributed by atoms with E-state index >= 15 is 0 Å². The number of nitrogen functional groups attached to an aromatic ring is 1. The van der Waals surface area contributed by atoms with Gasteiger partial charge in [-0.3, -0.25) is 4.68 Å². The molecular formula is C13H15N3O2S. The van der Waals surface area contributed by atoms with Gasteiger partial charge in [-0.05, 0) is 6.42 Å². The van der Waals surface area contributed by atoms with Crippen LogP contribution >= 0.6 is 0 Å². The fourth-order valence-corrected chi connectivity index (χ4v) is 4.10. The normalized spacial score (nSPS) is 21.6. The second-order valence-corrected chi connectivity index (χ2v) is 7.06. The number of nitrogens with two attached hydrogens (primary N) is 1. The second kappa shape index (κ2) is 4.38. The minimum atomic E-state index is -2.91. The summed E-state index contributed by atoms with van der Waals surface area (Å²) < 4.78 is 24.7. The Morgan fingerprint density at radius 3 is 2.63 bits per heavy atom. The molecule has 19 heavy (non-hydrogen) atoms. The molecule has 1 aromatic heterocycles. The predicted molar refractivity (Wildman–Crippen MR) is 74.4 cm³/mol. The van der Waals surface area contributed by atoms with Gasteiger partial charge in [0.2, 0.25) is 0 Å². The molecule has 0 saturated carbocycles. The van der Waals surface area contributed by atoms with E-state index in [1.807, 2.05) is 30.3 Å². The zero-order valence-corrected chi connectivity index (χ0v) is 11.2. The van der Waals surface area contributed by atoms with E-state index in [0.29, 0.717) is 17.8 Å². The van der Waals surface area contributed by atoms with Crippen molar-refractivity contribution in [2.45, 2.75) is 12.5 Å². The van der Waals surface area contributed by atoms with E-state index in [4.69, 9.17) is 5.73 Å². The van der Waals surface area contributed by atoms with Gasteiger partial charge in [-0.1, -0.05) is 30.3 Å². The van der Waals surface area contributed by atoms with E-state index in [1.54, 1.807) is 10.9 Å². The lowest BCUT2D eigenvalue weighted by atomic mass is 10.1. The van der Waals surface area contributed by atoms with Crippen LogP contribution in [0.1, 0.15) is 12.5 Å². The summed E-state index contributed by atoms with van der Waals surface area (Å²) in [4.78, 5) is 0. The maximum absolute atomic E-state index is 11.5. The number of hydrogen-bond acceptors (Lipinski definition) is 4. The van der Waals surface area contributed by atoms with Crippen LogP contribution in [0, 0.1) is 0 Å². The van der Waals surface area contributed by atoms with Crippen molar-refractivity contribution in [1.29, 1.82) is 0 Å².